The predicted molar refractivity (Wildman–Crippen MR) is 72.7 cm³/mol. The lowest BCUT2D eigenvalue weighted by molar-refractivity contribution is -0.548. The van der Waals surface area contributed by atoms with E-state index in [4.69, 9.17) is 0 Å². The van der Waals surface area contributed by atoms with Crippen molar-refractivity contribution >= 4 is 5.97 Å². The number of alkyl halides is 17. The molecule has 36 heavy (non-hydrogen) atoms. The smallest absolute Gasteiger partial charge is 0.403 e. The number of esters is 1. The molecule has 1 rings (SSSR count). The summed E-state index contributed by atoms with van der Waals surface area (Å²) in [7, 11) is 0. The highest BCUT2D eigenvalue weighted by Gasteiger charge is 2.85. The molecule has 2 unspecified atom stereocenters. The first-order valence-corrected chi connectivity index (χ1v) is 7.91. The average Bonchev–Trinajstić information content (AvgIpc) is 2.65. The molecule has 1 aromatic rings. The zero-order valence-electron chi connectivity index (χ0n) is 15.8. The minimum Gasteiger partial charge on any atom is -0.403 e. The van der Waals surface area contributed by atoms with Gasteiger partial charge in [0.1, 0.15) is 0 Å². The van der Waals surface area contributed by atoms with Gasteiger partial charge in [-0.05, 0) is 6.07 Å². The standard InChI is InChI=1S/C14H4F17NO4/c15-7(10(19,20)21,6(33)34-5-3-1-2-4-32-5)35-14(30,31)9(18,12(25,26)27)36-13(28,29)8(16,17)11(22,23)24/h1-4H. The lowest BCUT2D eigenvalue weighted by Gasteiger charge is -2.39. The van der Waals surface area contributed by atoms with Crippen LogP contribution in [0.5, 0.6) is 5.88 Å². The topological polar surface area (TPSA) is 57.7 Å². The van der Waals surface area contributed by atoms with Gasteiger partial charge in [-0.25, -0.2) is 9.78 Å². The zero-order valence-corrected chi connectivity index (χ0v) is 15.8. The number of hydrogen-bond donors (Lipinski definition) is 0. The fraction of sp³-hybridized carbons (Fsp3) is 0.571. The molecule has 5 nitrogen and oxygen atoms in total. The van der Waals surface area contributed by atoms with Gasteiger partial charge in [0.2, 0.25) is 5.88 Å². The molecule has 0 spiro atoms. The van der Waals surface area contributed by atoms with Gasteiger partial charge in [-0.3, -0.25) is 9.47 Å². The third-order valence-corrected chi connectivity index (χ3v) is 3.46. The Hall–Kier alpha value is -2.65. The Balaban J connectivity index is 3.61. The van der Waals surface area contributed by atoms with Crippen molar-refractivity contribution < 1.29 is 93.6 Å². The zero-order chi connectivity index (χ0) is 28.8. The molecular formula is C14H4F17NO4. The molecule has 0 aromatic carbocycles. The van der Waals surface area contributed by atoms with Crippen LogP contribution in [0.25, 0.3) is 0 Å². The molecule has 2 atom stereocenters. The maximum absolute atomic E-state index is 14.2. The van der Waals surface area contributed by atoms with E-state index >= 15 is 0 Å². The van der Waals surface area contributed by atoms with Crippen LogP contribution in [0.1, 0.15) is 0 Å². The van der Waals surface area contributed by atoms with Crippen molar-refractivity contribution in [2.75, 3.05) is 0 Å². The highest BCUT2D eigenvalue weighted by atomic mass is 19.4. The minimum atomic E-state index is -8.09. The highest BCUT2D eigenvalue weighted by Crippen LogP contribution is 2.56. The van der Waals surface area contributed by atoms with Crippen LogP contribution in [-0.2, 0) is 14.3 Å². The number of ether oxygens (including phenoxy) is 3. The van der Waals surface area contributed by atoms with Crippen molar-refractivity contribution in [3.05, 3.63) is 24.4 Å². The van der Waals surface area contributed by atoms with Gasteiger partial charge >= 0.3 is 54.3 Å². The van der Waals surface area contributed by atoms with E-state index in [0.29, 0.717) is 12.3 Å². The van der Waals surface area contributed by atoms with E-state index < -0.39 is 60.2 Å². The lowest BCUT2D eigenvalue weighted by atomic mass is 10.2. The maximum atomic E-state index is 14.2. The van der Waals surface area contributed by atoms with Crippen LogP contribution in [0.2, 0.25) is 0 Å². The van der Waals surface area contributed by atoms with E-state index in [0.717, 1.165) is 12.1 Å². The van der Waals surface area contributed by atoms with Crippen molar-refractivity contribution in [2.45, 2.75) is 48.4 Å². The summed E-state index contributed by atoms with van der Waals surface area (Å²) in [4.78, 5) is 14.3. The predicted octanol–water partition coefficient (Wildman–Crippen LogP) is 5.86. The van der Waals surface area contributed by atoms with Gasteiger partial charge in [0.15, 0.2) is 0 Å². The first-order chi connectivity index (χ1) is 15.7. The van der Waals surface area contributed by atoms with Crippen LogP contribution in [0.3, 0.4) is 0 Å². The van der Waals surface area contributed by atoms with E-state index in [1.54, 1.807) is 0 Å². The van der Waals surface area contributed by atoms with Crippen molar-refractivity contribution in [3.63, 3.8) is 0 Å². The number of nitrogens with zero attached hydrogens (tertiary/aromatic N) is 1. The van der Waals surface area contributed by atoms with Crippen molar-refractivity contribution in [1.29, 1.82) is 0 Å². The van der Waals surface area contributed by atoms with Gasteiger partial charge in [-0.15, -0.1) is 0 Å². The third kappa shape index (κ3) is 5.52. The van der Waals surface area contributed by atoms with E-state index in [-0.39, 0.29) is 0 Å². The largest absolute Gasteiger partial charge is 0.462 e. The van der Waals surface area contributed by atoms with Gasteiger partial charge in [0, 0.05) is 12.3 Å². The summed E-state index contributed by atoms with van der Waals surface area (Å²) in [5.74, 6) is -28.1. The Morgan fingerprint density at radius 1 is 0.639 bits per heavy atom. The molecule has 0 saturated carbocycles. The van der Waals surface area contributed by atoms with E-state index in [1.807, 2.05) is 4.74 Å². The summed E-state index contributed by atoms with van der Waals surface area (Å²) >= 11 is 0. The lowest BCUT2D eigenvalue weighted by Crippen LogP contribution is -2.68. The summed E-state index contributed by atoms with van der Waals surface area (Å²) in [6.07, 6.45) is -38.2. The van der Waals surface area contributed by atoms with E-state index in [2.05, 4.69) is 9.72 Å². The van der Waals surface area contributed by atoms with Crippen molar-refractivity contribution in [1.82, 2.24) is 4.98 Å². The fourth-order valence-corrected chi connectivity index (χ4v) is 1.71. The minimum absolute atomic E-state index is 0.408. The monoisotopic (exact) mass is 573 g/mol. The number of pyridine rings is 1. The summed E-state index contributed by atoms with van der Waals surface area (Å²) in [6, 6.07) is 2.15. The SMILES string of the molecule is O=C(Oc1ccccn1)C(F)(OC(F)(F)C(F)(OC(F)(F)C(F)(F)C(F)(F)F)C(F)(F)F)C(F)(F)F. The fourth-order valence-electron chi connectivity index (χ4n) is 1.71. The van der Waals surface area contributed by atoms with Crippen LogP contribution in [-0.4, -0.2) is 59.3 Å². The Bertz CT molecular complexity index is 928. The quantitative estimate of drug-likeness (QED) is 0.288. The summed E-state index contributed by atoms with van der Waals surface area (Å²) < 4.78 is 228. The molecule has 0 amide bonds. The summed E-state index contributed by atoms with van der Waals surface area (Å²) in [5.41, 5.74) is 0. The number of halogens is 17. The molecular weight excluding hydrogens is 569 g/mol. The first-order valence-electron chi connectivity index (χ1n) is 7.91. The second-order valence-corrected chi connectivity index (χ2v) is 6.05. The Labute approximate surface area is 184 Å². The van der Waals surface area contributed by atoms with Crippen molar-refractivity contribution in [2.24, 2.45) is 0 Å². The van der Waals surface area contributed by atoms with E-state index in [9.17, 15) is 79.4 Å². The van der Waals surface area contributed by atoms with Gasteiger partial charge in [0.25, 0.3) is 0 Å². The van der Waals surface area contributed by atoms with Crippen LogP contribution in [0, 0.1) is 0 Å². The van der Waals surface area contributed by atoms with Gasteiger partial charge in [0.05, 0.1) is 0 Å². The molecule has 0 fully saturated rings. The molecule has 1 heterocycles. The molecule has 208 valence electrons. The normalized spacial score (nSPS) is 17.8. The van der Waals surface area contributed by atoms with Gasteiger partial charge in [-0.1, -0.05) is 6.07 Å². The Kier molecular flexibility index (Phi) is 7.87. The number of aromatic nitrogens is 1. The first kappa shape index (κ1) is 31.4. The Morgan fingerprint density at radius 3 is 1.50 bits per heavy atom. The van der Waals surface area contributed by atoms with Crippen molar-refractivity contribution in [3.8, 4) is 5.88 Å². The number of carbonyl (C=O) groups is 1. The summed E-state index contributed by atoms with van der Waals surface area (Å²) in [6.45, 7) is 0. The molecule has 0 radical (unpaired) electrons. The molecule has 0 bridgehead atoms. The second-order valence-electron chi connectivity index (χ2n) is 6.05. The number of hydrogen-bond acceptors (Lipinski definition) is 5. The van der Waals surface area contributed by atoms with Crippen LogP contribution >= 0.6 is 0 Å². The Morgan fingerprint density at radius 2 is 1.14 bits per heavy atom. The van der Waals surface area contributed by atoms with Gasteiger partial charge < -0.3 is 4.74 Å². The maximum Gasteiger partial charge on any atom is 0.462 e. The number of rotatable bonds is 8. The van der Waals surface area contributed by atoms with E-state index in [1.165, 1.54) is 4.74 Å². The number of carbonyl (C=O) groups excluding carboxylic acids is 1. The molecule has 0 aliphatic rings. The molecule has 22 heteroatoms. The molecule has 0 saturated heterocycles. The molecule has 1 aromatic heterocycles. The van der Waals surface area contributed by atoms with Gasteiger partial charge in [-0.2, -0.15) is 74.6 Å². The highest BCUT2D eigenvalue weighted by molar-refractivity contribution is 5.80. The third-order valence-electron chi connectivity index (χ3n) is 3.46. The molecule has 0 aliphatic carbocycles. The van der Waals surface area contributed by atoms with Crippen LogP contribution < -0.4 is 4.74 Å². The van der Waals surface area contributed by atoms with Crippen LogP contribution in [0.15, 0.2) is 24.4 Å². The molecule has 0 N–H and O–H groups in total. The second kappa shape index (κ2) is 9.03. The van der Waals surface area contributed by atoms with Crippen LogP contribution in [0.4, 0.5) is 74.6 Å². The average molecular weight is 573 g/mol. The molecule has 0 aliphatic heterocycles. The summed E-state index contributed by atoms with van der Waals surface area (Å²) in [5, 5.41) is 0.